The second kappa shape index (κ2) is 5.48. The van der Waals surface area contributed by atoms with Gasteiger partial charge < -0.3 is 5.73 Å². The summed E-state index contributed by atoms with van der Waals surface area (Å²) in [5.74, 6) is 0.781. The van der Waals surface area contributed by atoms with Crippen molar-refractivity contribution in [2.75, 3.05) is 0 Å². The van der Waals surface area contributed by atoms with Crippen LogP contribution in [-0.4, -0.2) is 6.04 Å². The Bertz CT molecular complexity index is 70.8. The quantitative estimate of drug-likeness (QED) is 0.515. The minimum Gasteiger partial charge on any atom is -0.327 e. The summed E-state index contributed by atoms with van der Waals surface area (Å²) in [7, 11) is 0. The third kappa shape index (κ3) is 3.02. The summed E-state index contributed by atoms with van der Waals surface area (Å²) in [6, 6.07) is 0.503. The smallest absolute Gasteiger partial charge is 0.00645 e. The van der Waals surface area contributed by atoms with Crippen molar-refractivity contribution in [3.05, 3.63) is 13.2 Å². The minimum atomic E-state index is 0.503. The fraction of sp³-hybridized carbons (Fsp3) is 0.778. The molecule has 0 radical (unpaired) electrons. The third-order valence-corrected chi connectivity index (χ3v) is 2.18. The summed E-state index contributed by atoms with van der Waals surface area (Å²) >= 11 is 0. The van der Waals surface area contributed by atoms with Gasteiger partial charge in [-0.25, -0.2) is 0 Å². The molecule has 1 nitrogen and oxygen atoms in total. The van der Waals surface area contributed by atoms with Gasteiger partial charge in [0.25, 0.3) is 0 Å². The fourth-order valence-electron chi connectivity index (χ4n) is 1.34. The lowest BCUT2D eigenvalue weighted by Gasteiger charge is -2.24. The van der Waals surface area contributed by atoms with Crippen molar-refractivity contribution in [3.63, 3.8) is 0 Å². The van der Waals surface area contributed by atoms with E-state index in [-0.39, 0.29) is 0 Å². The Morgan fingerprint density at radius 2 is 1.70 bits per heavy atom. The Kier molecular flexibility index (Phi) is 5.32. The van der Waals surface area contributed by atoms with Gasteiger partial charge in [-0.3, -0.25) is 0 Å². The average Bonchev–Trinajstić information content (AvgIpc) is 2.00. The molecule has 0 aromatic rings. The fourth-order valence-corrected chi connectivity index (χ4v) is 1.34. The van der Waals surface area contributed by atoms with Gasteiger partial charge in [-0.1, -0.05) is 19.8 Å². The number of nitrogens with two attached hydrogens (primary N) is 1. The Balaban J connectivity index is 0.000000371. The van der Waals surface area contributed by atoms with Gasteiger partial charge in [-0.2, -0.15) is 0 Å². The van der Waals surface area contributed by atoms with E-state index in [1.54, 1.807) is 0 Å². The van der Waals surface area contributed by atoms with Crippen LogP contribution in [0.5, 0.6) is 0 Å². The van der Waals surface area contributed by atoms with Crippen LogP contribution < -0.4 is 5.73 Å². The molecule has 0 aromatic carbocycles. The first-order valence-corrected chi connectivity index (χ1v) is 4.06. The highest BCUT2D eigenvalue weighted by Gasteiger charge is 2.15. The van der Waals surface area contributed by atoms with E-state index in [9.17, 15) is 0 Å². The maximum absolute atomic E-state index is 5.78. The second-order valence-corrected chi connectivity index (χ2v) is 2.93. The van der Waals surface area contributed by atoms with Crippen LogP contribution in [0.3, 0.4) is 0 Å². The van der Waals surface area contributed by atoms with E-state index >= 15 is 0 Å². The maximum Gasteiger partial charge on any atom is 0.00645 e. The topological polar surface area (TPSA) is 26.0 Å². The van der Waals surface area contributed by atoms with Gasteiger partial charge in [0.15, 0.2) is 0 Å². The summed E-state index contributed by atoms with van der Waals surface area (Å²) in [4.78, 5) is 0. The standard InChI is InChI=1S/C7H15N.C2H4/c1-6-4-2-3-5-7(6)8;1-2/h6-7H,2-5,8H2,1H3;1-2H2. The van der Waals surface area contributed by atoms with E-state index in [0.29, 0.717) is 6.04 Å². The molecular formula is C9H19N. The molecule has 1 saturated carbocycles. The zero-order chi connectivity index (χ0) is 7.98. The lowest BCUT2D eigenvalue weighted by atomic mass is 9.87. The molecular weight excluding hydrogens is 122 g/mol. The van der Waals surface area contributed by atoms with Crippen LogP contribution in [0.25, 0.3) is 0 Å². The first-order chi connectivity index (χ1) is 4.80. The molecule has 0 heterocycles. The highest BCUT2D eigenvalue weighted by Crippen LogP contribution is 2.21. The number of hydrogen-bond acceptors (Lipinski definition) is 1. The first kappa shape index (κ1) is 9.70. The van der Waals surface area contributed by atoms with E-state index in [1.165, 1.54) is 25.7 Å². The molecule has 2 atom stereocenters. The predicted octanol–water partition coefficient (Wildman–Crippen LogP) is 2.33. The Morgan fingerprint density at radius 1 is 1.20 bits per heavy atom. The Hall–Kier alpha value is -0.300. The predicted molar refractivity (Wildman–Crippen MR) is 46.9 cm³/mol. The molecule has 0 aromatic heterocycles. The van der Waals surface area contributed by atoms with Crippen molar-refractivity contribution in [1.82, 2.24) is 0 Å². The van der Waals surface area contributed by atoms with Crippen LogP contribution in [0.15, 0.2) is 13.2 Å². The van der Waals surface area contributed by atoms with Gasteiger partial charge >= 0.3 is 0 Å². The van der Waals surface area contributed by atoms with E-state index in [0.717, 1.165) is 5.92 Å². The zero-order valence-electron chi connectivity index (χ0n) is 6.97. The van der Waals surface area contributed by atoms with Crippen LogP contribution in [0.2, 0.25) is 0 Å². The Labute approximate surface area is 64.3 Å². The monoisotopic (exact) mass is 141 g/mol. The van der Waals surface area contributed by atoms with Crippen molar-refractivity contribution >= 4 is 0 Å². The van der Waals surface area contributed by atoms with Crippen molar-refractivity contribution in [2.24, 2.45) is 11.7 Å². The third-order valence-electron chi connectivity index (χ3n) is 2.18. The summed E-state index contributed by atoms with van der Waals surface area (Å²) in [6.45, 7) is 8.25. The molecule has 0 saturated heterocycles. The van der Waals surface area contributed by atoms with E-state index in [1.807, 2.05) is 0 Å². The van der Waals surface area contributed by atoms with Crippen LogP contribution >= 0.6 is 0 Å². The van der Waals surface area contributed by atoms with Crippen LogP contribution in [0.4, 0.5) is 0 Å². The molecule has 60 valence electrons. The zero-order valence-corrected chi connectivity index (χ0v) is 6.97. The maximum atomic E-state index is 5.78. The normalized spacial score (nSPS) is 32.2. The van der Waals surface area contributed by atoms with Crippen molar-refractivity contribution < 1.29 is 0 Å². The van der Waals surface area contributed by atoms with E-state index in [4.69, 9.17) is 5.73 Å². The lowest BCUT2D eigenvalue weighted by Crippen LogP contribution is -2.30. The SMILES string of the molecule is C=C.CC1CCCCC1N. The molecule has 0 spiro atoms. The molecule has 2 unspecified atom stereocenters. The van der Waals surface area contributed by atoms with Crippen LogP contribution in [0, 0.1) is 5.92 Å². The molecule has 0 aliphatic heterocycles. The van der Waals surface area contributed by atoms with Gasteiger partial charge in [0.2, 0.25) is 0 Å². The summed E-state index contributed by atoms with van der Waals surface area (Å²) in [5, 5.41) is 0. The first-order valence-electron chi connectivity index (χ1n) is 4.06. The summed E-state index contributed by atoms with van der Waals surface area (Å²) < 4.78 is 0. The van der Waals surface area contributed by atoms with E-state index < -0.39 is 0 Å². The molecule has 1 heteroatoms. The molecule has 1 aliphatic carbocycles. The average molecular weight is 141 g/mol. The summed E-state index contributed by atoms with van der Waals surface area (Å²) in [5.41, 5.74) is 5.78. The van der Waals surface area contributed by atoms with Gasteiger partial charge in [-0.15, -0.1) is 13.2 Å². The molecule has 10 heavy (non-hydrogen) atoms. The number of hydrogen-bond donors (Lipinski definition) is 1. The number of rotatable bonds is 0. The summed E-state index contributed by atoms with van der Waals surface area (Å²) in [6.07, 6.45) is 5.35. The second-order valence-electron chi connectivity index (χ2n) is 2.93. The van der Waals surface area contributed by atoms with Gasteiger partial charge in [0.05, 0.1) is 0 Å². The van der Waals surface area contributed by atoms with Crippen LogP contribution in [0.1, 0.15) is 32.6 Å². The van der Waals surface area contributed by atoms with Crippen LogP contribution in [-0.2, 0) is 0 Å². The van der Waals surface area contributed by atoms with Gasteiger partial charge in [0, 0.05) is 6.04 Å². The Morgan fingerprint density at radius 3 is 2.00 bits per heavy atom. The molecule has 1 rings (SSSR count). The molecule has 1 aliphatic rings. The van der Waals surface area contributed by atoms with E-state index in [2.05, 4.69) is 20.1 Å². The molecule has 0 amide bonds. The molecule has 0 bridgehead atoms. The van der Waals surface area contributed by atoms with Crippen molar-refractivity contribution in [2.45, 2.75) is 38.6 Å². The van der Waals surface area contributed by atoms with Crippen molar-refractivity contribution in [3.8, 4) is 0 Å². The molecule has 2 N–H and O–H groups in total. The van der Waals surface area contributed by atoms with Crippen molar-refractivity contribution in [1.29, 1.82) is 0 Å². The largest absolute Gasteiger partial charge is 0.327 e. The minimum absolute atomic E-state index is 0.503. The van der Waals surface area contributed by atoms with Gasteiger partial charge in [0.1, 0.15) is 0 Å². The highest BCUT2D eigenvalue weighted by atomic mass is 14.6. The van der Waals surface area contributed by atoms with Gasteiger partial charge in [-0.05, 0) is 18.8 Å². The molecule has 1 fully saturated rings. The highest BCUT2D eigenvalue weighted by molar-refractivity contribution is 4.73. The lowest BCUT2D eigenvalue weighted by molar-refractivity contribution is 0.331.